The summed E-state index contributed by atoms with van der Waals surface area (Å²) in [6, 6.07) is 14.3. The molecule has 2 N–H and O–H groups in total. The van der Waals surface area contributed by atoms with Crippen LogP contribution in [0.25, 0.3) is 0 Å². The first-order valence-corrected chi connectivity index (χ1v) is 9.08. The van der Waals surface area contributed by atoms with Gasteiger partial charge < -0.3 is 20.1 Å². The van der Waals surface area contributed by atoms with E-state index in [-0.39, 0.29) is 5.91 Å². The minimum Gasteiger partial charge on any atom is -0.497 e. The van der Waals surface area contributed by atoms with E-state index >= 15 is 0 Å². The number of nitrogens with one attached hydrogen (secondary N) is 2. The van der Waals surface area contributed by atoms with Crippen molar-refractivity contribution in [1.29, 1.82) is 0 Å². The van der Waals surface area contributed by atoms with Crippen LogP contribution in [-0.4, -0.2) is 34.9 Å². The number of methoxy groups -OCH3 is 2. The number of amides is 1. The molecule has 1 atom stereocenters. The Labute approximate surface area is 168 Å². The molecule has 0 saturated carbocycles. The molecule has 3 aromatic rings. The third-order valence-electron chi connectivity index (χ3n) is 4.81. The second-order valence-electron chi connectivity index (χ2n) is 6.52. The van der Waals surface area contributed by atoms with Gasteiger partial charge in [-0.1, -0.05) is 18.2 Å². The molecule has 4 rings (SSSR count). The molecular formula is C21H21N5O3. The van der Waals surface area contributed by atoms with Crippen molar-refractivity contribution in [3.63, 3.8) is 0 Å². The molecular weight excluding hydrogens is 370 g/mol. The molecule has 0 spiro atoms. The van der Waals surface area contributed by atoms with Crippen LogP contribution >= 0.6 is 0 Å². The Morgan fingerprint density at radius 1 is 1.14 bits per heavy atom. The van der Waals surface area contributed by atoms with Crippen LogP contribution in [0.3, 0.4) is 0 Å². The van der Waals surface area contributed by atoms with Gasteiger partial charge in [-0.15, -0.1) is 0 Å². The van der Waals surface area contributed by atoms with Crippen molar-refractivity contribution >= 4 is 17.5 Å². The molecule has 0 unspecified atom stereocenters. The summed E-state index contributed by atoms with van der Waals surface area (Å²) in [4.78, 5) is 17.5. The Kier molecular flexibility index (Phi) is 4.90. The predicted octanol–water partition coefficient (Wildman–Crippen LogP) is 3.22. The number of rotatable bonds is 5. The molecule has 0 saturated heterocycles. The Morgan fingerprint density at radius 2 is 1.93 bits per heavy atom. The first-order chi connectivity index (χ1) is 14.1. The van der Waals surface area contributed by atoms with Crippen LogP contribution in [0.4, 0.5) is 11.6 Å². The minimum absolute atomic E-state index is 0.231. The average Bonchev–Trinajstić information content (AvgIpc) is 3.21. The molecule has 1 aromatic heterocycles. The molecule has 8 nitrogen and oxygen atoms in total. The fourth-order valence-corrected chi connectivity index (χ4v) is 3.44. The summed E-state index contributed by atoms with van der Waals surface area (Å²) in [5.74, 6) is 1.58. The van der Waals surface area contributed by atoms with Gasteiger partial charge in [-0.25, -0.2) is 4.68 Å². The lowest BCUT2D eigenvalue weighted by molar-refractivity contribution is -0.113. The highest BCUT2D eigenvalue weighted by Crippen LogP contribution is 2.40. The fourth-order valence-electron chi connectivity index (χ4n) is 3.44. The van der Waals surface area contributed by atoms with E-state index in [1.807, 2.05) is 49.4 Å². The Bertz CT molecular complexity index is 1070. The van der Waals surface area contributed by atoms with Crippen LogP contribution in [0, 0.1) is 0 Å². The lowest BCUT2D eigenvalue weighted by atomic mass is 9.94. The number of allylic oxidation sites excluding steroid dienone is 1. The lowest BCUT2D eigenvalue weighted by Gasteiger charge is -2.29. The summed E-state index contributed by atoms with van der Waals surface area (Å²) in [5.41, 5.74) is 2.71. The zero-order chi connectivity index (χ0) is 20.4. The maximum absolute atomic E-state index is 13.3. The Hall–Kier alpha value is -3.81. The van der Waals surface area contributed by atoms with E-state index in [4.69, 9.17) is 9.47 Å². The van der Waals surface area contributed by atoms with Crippen molar-refractivity contribution < 1.29 is 14.3 Å². The smallest absolute Gasteiger partial charge is 0.255 e. The number of nitrogens with zero attached hydrogens (tertiary/aromatic N) is 3. The third-order valence-corrected chi connectivity index (χ3v) is 4.81. The van der Waals surface area contributed by atoms with E-state index in [9.17, 15) is 4.79 Å². The average molecular weight is 391 g/mol. The van der Waals surface area contributed by atoms with Crippen LogP contribution in [0.5, 0.6) is 11.5 Å². The number of hydrogen-bond donors (Lipinski definition) is 2. The van der Waals surface area contributed by atoms with Crippen molar-refractivity contribution in [2.45, 2.75) is 13.0 Å². The number of fused-ring (bicyclic) bond motifs is 1. The number of anilines is 2. The van der Waals surface area contributed by atoms with E-state index in [0.29, 0.717) is 34.4 Å². The van der Waals surface area contributed by atoms with E-state index < -0.39 is 6.04 Å². The van der Waals surface area contributed by atoms with Crippen molar-refractivity contribution in [3.05, 3.63) is 71.7 Å². The topological polar surface area (TPSA) is 90.3 Å². The number of para-hydroxylation sites is 1. The number of carbonyl (C=O) groups is 1. The predicted molar refractivity (Wildman–Crippen MR) is 109 cm³/mol. The monoisotopic (exact) mass is 391 g/mol. The summed E-state index contributed by atoms with van der Waals surface area (Å²) in [6.45, 7) is 1.85. The highest BCUT2D eigenvalue weighted by molar-refractivity contribution is 6.06. The van der Waals surface area contributed by atoms with Gasteiger partial charge >= 0.3 is 0 Å². The van der Waals surface area contributed by atoms with Crippen LogP contribution in [0.2, 0.25) is 0 Å². The van der Waals surface area contributed by atoms with Gasteiger partial charge in [0.1, 0.15) is 23.9 Å². The molecule has 0 bridgehead atoms. The molecule has 1 aliphatic rings. The van der Waals surface area contributed by atoms with E-state index in [1.165, 1.54) is 6.33 Å². The van der Waals surface area contributed by atoms with Crippen LogP contribution < -0.4 is 20.1 Å². The summed E-state index contributed by atoms with van der Waals surface area (Å²) in [5, 5.41) is 10.5. The number of benzene rings is 2. The highest BCUT2D eigenvalue weighted by Gasteiger charge is 2.35. The van der Waals surface area contributed by atoms with Crippen LogP contribution in [0.15, 0.2) is 66.1 Å². The highest BCUT2D eigenvalue weighted by atomic mass is 16.5. The van der Waals surface area contributed by atoms with Crippen molar-refractivity contribution in [2.24, 2.45) is 0 Å². The third kappa shape index (κ3) is 3.40. The number of hydrogen-bond acceptors (Lipinski definition) is 6. The van der Waals surface area contributed by atoms with E-state index in [0.717, 1.165) is 5.56 Å². The molecule has 0 radical (unpaired) electrons. The minimum atomic E-state index is -0.515. The molecule has 1 aliphatic heterocycles. The largest absolute Gasteiger partial charge is 0.497 e. The van der Waals surface area contributed by atoms with E-state index in [2.05, 4.69) is 20.7 Å². The maximum atomic E-state index is 13.3. The first-order valence-electron chi connectivity index (χ1n) is 9.08. The number of aromatic nitrogens is 3. The molecule has 148 valence electrons. The van der Waals surface area contributed by atoms with Crippen molar-refractivity contribution in [2.75, 3.05) is 24.9 Å². The standard InChI is InChI=1S/C21H21N5O3/c1-13-18(20(27)25-14-7-5-4-6-8-14)19(26-21(24-13)22-12-23-26)16-10-9-15(28-2)11-17(16)29-3/h4-12,19H,1-3H3,(H,25,27)(H,22,23,24)/t19-/m0/s1. The van der Waals surface area contributed by atoms with Gasteiger partial charge in [-0.2, -0.15) is 10.1 Å². The van der Waals surface area contributed by atoms with E-state index in [1.54, 1.807) is 25.0 Å². The summed E-state index contributed by atoms with van der Waals surface area (Å²) in [7, 11) is 3.18. The quantitative estimate of drug-likeness (QED) is 0.694. The van der Waals surface area contributed by atoms with Gasteiger partial charge in [0, 0.05) is 23.0 Å². The second kappa shape index (κ2) is 7.67. The molecule has 8 heteroatoms. The fraction of sp³-hybridized carbons (Fsp3) is 0.190. The zero-order valence-electron chi connectivity index (χ0n) is 16.3. The van der Waals surface area contributed by atoms with Gasteiger partial charge in [0.25, 0.3) is 5.91 Å². The molecule has 0 aliphatic carbocycles. The summed E-state index contributed by atoms with van der Waals surface area (Å²) >= 11 is 0. The Morgan fingerprint density at radius 3 is 2.66 bits per heavy atom. The summed E-state index contributed by atoms with van der Waals surface area (Å²) in [6.07, 6.45) is 1.46. The molecule has 29 heavy (non-hydrogen) atoms. The van der Waals surface area contributed by atoms with Gasteiger partial charge in [-0.3, -0.25) is 4.79 Å². The van der Waals surface area contributed by atoms with Crippen LogP contribution in [-0.2, 0) is 4.79 Å². The first kappa shape index (κ1) is 18.5. The summed E-state index contributed by atoms with van der Waals surface area (Å²) < 4.78 is 12.6. The number of ether oxygens (including phenoxy) is 2. The zero-order valence-corrected chi connectivity index (χ0v) is 16.3. The van der Waals surface area contributed by atoms with Gasteiger partial charge in [0.05, 0.1) is 19.8 Å². The Balaban J connectivity index is 1.82. The normalized spacial score (nSPS) is 15.3. The lowest BCUT2D eigenvalue weighted by Crippen LogP contribution is -2.31. The van der Waals surface area contributed by atoms with Crippen molar-refractivity contribution in [1.82, 2.24) is 14.8 Å². The molecule has 2 aromatic carbocycles. The van der Waals surface area contributed by atoms with Gasteiger partial charge in [0.2, 0.25) is 5.95 Å². The second-order valence-corrected chi connectivity index (χ2v) is 6.52. The molecule has 0 fully saturated rings. The SMILES string of the molecule is COc1ccc([C@H]2C(C(=O)Nc3ccccc3)=C(C)Nc3ncnn32)c(OC)c1. The maximum Gasteiger partial charge on any atom is 0.255 e. The van der Waals surface area contributed by atoms with Gasteiger partial charge in [-0.05, 0) is 31.2 Å². The number of carbonyl (C=O) groups excluding carboxylic acids is 1. The molecule has 2 heterocycles. The van der Waals surface area contributed by atoms with Crippen molar-refractivity contribution in [3.8, 4) is 11.5 Å². The van der Waals surface area contributed by atoms with Crippen LogP contribution in [0.1, 0.15) is 18.5 Å². The van der Waals surface area contributed by atoms with Gasteiger partial charge in [0.15, 0.2) is 0 Å². The molecule has 1 amide bonds.